The summed E-state index contributed by atoms with van der Waals surface area (Å²) in [5.74, 6) is -1.00. The van der Waals surface area contributed by atoms with Crippen molar-refractivity contribution in [2.24, 2.45) is 0 Å². The number of alkyl halides is 3. The molecule has 1 fully saturated rings. The fourth-order valence-electron chi connectivity index (χ4n) is 2.08. The monoisotopic (exact) mass is 278 g/mol. The molecule has 0 unspecified atom stereocenters. The molecule has 1 aliphatic carbocycles. The van der Waals surface area contributed by atoms with Gasteiger partial charge in [-0.25, -0.2) is 0 Å². The lowest BCUT2D eigenvalue weighted by Gasteiger charge is -2.16. The van der Waals surface area contributed by atoms with Gasteiger partial charge in [0, 0.05) is 5.41 Å². The van der Waals surface area contributed by atoms with Crippen LogP contribution in [0.3, 0.4) is 0 Å². The molecule has 0 amide bonds. The highest BCUT2D eigenvalue weighted by atomic mass is 35.5. The van der Waals surface area contributed by atoms with Crippen molar-refractivity contribution in [3.8, 4) is 0 Å². The minimum atomic E-state index is -4.52. The van der Waals surface area contributed by atoms with E-state index in [4.69, 9.17) is 16.7 Å². The van der Waals surface area contributed by atoms with Crippen LogP contribution in [0.25, 0.3) is 0 Å². The van der Waals surface area contributed by atoms with Gasteiger partial charge >= 0.3 is 12.1 Å². The summed E-state index contributed by atoms with van der Waals surface area (Å²) < 4.78 is 38.1. The van der Waals surface area contributed by atoms with Crippen molar-refractivity contribution < 1.29 is 23.1 Å². The van der Waals surface area contributed by atoms with Gasteiger partial charge in [0.2, 0.25) is 0 Å². The Morgan fingerprint density at radius 3 is 2.44 bits per heavy atom. The van der Waals surface area contributed by atoms with E-state index in [1.165, 1.54) is 12.1 Å². The van der Waals surface area contributed by atoms with Crippen LogP contribution < -0.4 is 0 Å². The molecule has 1 aromatic carbocycles. The van der Waals surface area contributed by atoms with Crippen molar-refractivity contribution in [3.05, 3.63) is 34.3 Å². The molecule has 0 spiro atoms. The Labute approximate surface area is 106 Å². The van der Waals surface area contributed by atoms with E-state index in [2.05, 4.69) is 0 Å². The van der Waals surface area contributed by atoms with E-state index in [-0.39, 0.29) is 11.4 Å². The molecule has 2 nitrogen and oxygen atoms in total. The fourth-order valence-corrected chi connectivity index (χ4v) is 2.30. The van der Waals surface area contributed by atoms with Crippen molar-refractivity contribution in [1.82, 2.24) is 0 Å². The second kappa shape index (κ2) is 4.16. The summed E-state index contributed by atoms with van der Waals surface area (Å²) >= 11 is 5.52. The molecule has 98 valence electrons. The molecule has 0 atom stereocenters. The first kappa shape index (κ1) is 13.2. The van der Waals surface area contributed by atoms with Crippen LogP contribution in [0.2, 0.25) is 5.02 Å². The van der Waals surface area contributed by atoms with E-state index in [9.17, 15) is 18.0 Å². The quantitative estimate of drug-likeness (QED) is 0.911. The molecule has 1 saturated carbocycles. The Morgan fingerprint density at radius 1 is 1.39 bits per heavy atom. The first-order valence-electron chi connectivity index (χ1n) is 5.34. The minimum absolute atomic E-state index is 0.147. The van der Waals surface area contributed by atoms with E-state index < -0.39 is 23.1 Å². The number of carboxylic acid groups (broad SMARTS) is 1. The predicted octanol–water partition coefficient (Wildman–Crippen LogP) is 3.87. The van der Waals surface area contributed by atoms with Crippen LogP contribution in [0.1, 0.15) is 30.4 Å². The highest BCUT2D eigenvalue weighted by Crippen LogP contribution is 2.52. The summed E-state index contributed by atoms with van der Waals surface area (Å²) in [6, 6.07) is 3.63. The predicted molar refractivity (Wildman–Crippen MR) is 59.6 cm³/mol. The molecule has 0 saturated heterocycles. The zero-order valence-corrected chi connectivity index (χ0v) is 9.98. The van der Waals surface area contributed by atoms with Gasteiger partial charge in [-0.3, -0.25) is 4.79 Å². The van der Waals surface area contributed by atoms with E-state index in [1.54, 1.807) is 0 Å². The number of aliphatic carboxylic acids is 1. The molecule has 0 radical (unpaired) electrons. The number of benzene rings is 1. The van der Waals surface area contributed by atoms with Gasteiger partial charge in [-0.05, 0) is 30.5 Å². The Hall–Kier alpha value is -1.23. The van der Waals surface area contributed by atoms with Gasteiger partial charge in [0.25, 0.3) is 0 Å². The molecule has 6 heteroatoms. The van der Waals surface area contributed by atoms with E-state index in [0.717, 1.165) is 6.07 Å². The average Bonchev–Trinajstić information content (AvgIpc) is 2.96. The summed E-state index contributed by atoms with van der Waals surface area (Å²) in [7, 11) is 0. The van der Waals surface area contributed by atoms with Gasteiger partial charge in [0.15, 0.2) is 0 Å². The third-order valence-corrected chi connectivity index (χ3v) is 3.56. The Kier molecular flexibility index (Phi) is 3.05. The molecular weight excluding hydrogens is 269 g/mol. The smallest absolute Gasteiger partial charge is 0.417 e. The maximum atomic E-state index is 12.7. The summed E-state index contributed by atoms with van der Waals surface area (Å²) in [4.78, 5) is 10.7. The van der Waals surface area contributed by atoms with E-state index in [1.807, 2.05) is 0 Å². The number of halogens is 4. The van der Waals surface area contributed by atoms with Crippen LogP contribution in [-0.2, 0) is 16.4 Å². The van der Waals surface area contributed by atoms with Crippen molar-refractivity contribution in [1.29, 1.82) is 0 Å². The van der Waals surface area contributed by atoms with Gasteiger partial charge in [-0.1, -0.05) is 17.7 Å². The Morgan fingerprint density at radius 2 is 2.00 bits per heavy atom. The molecule has 0 heterocycles. The molecule has 1 N–H and O–H groups in total. The minimum Gasteiger partial charge on any atom is -0.481 e. The topological polar surface area (TPSA) is 37.3 Å². The van der Waals surface area contributed by atoms with Gasteiger partial charge in [0.05, 0.1) is 17.0 Å². The number of carboxylic acids is 1. The summed E-state index contributed by atoms with van der Waals surface area (Å²) in [6.07, 6.45) is -3.48. The third kappa shape index (κ3) is 2.46. The van der Waals surface area contributed by atoms with E-state index in [0.29, 0.717) is 18.4 Å². The van der Waals surface area contributed by atoms with Gasteiger partial charge in [-0.15, -0.1) is 0 Å². The largest absolute Gasteiger partial charge is 0.481 e. The molecule has 0 bridgehead atoms. The van der Waals surface area contributed by atoms with Crippen LogP contribution in [-0.4, -0.2) is 11.1 Å². The van der Waals surface area contributed by atoms with Crippen LogP contribution >= 0.6 is 11.6 Å². The zero-order valence-electron chi connectivity index (χ0n) is 9.22. The molecule has 0 aliphatic heterocycles. The number of hydrogen-bond donors (Lipinski definition) is 1. The second-order valence-electron chi connectivity index (χ2n) is 4.54. The Balaban J connectivity index is 2.39. The maximum Gasteiger partial charge on any atom is 0.417 e. The molecule has 1 aromatic rings. The van der Waals surface area contributed by atoms with Gasteiger partial charge in [0.1, 0.15) is 0 Å². The second-order valence-corrected chi connectivity index (χ2v) is 4.95. The highest BCUT2D eigenvalue weighted by molar-refractivity contribution is 6.31. The number of carbonyl (C=O) groups is 1. The van der Waals surface area contributed by atoms with Crippen molar-refractivity contribution in [2.75, 3.05) is 0 Å². The van der Waals surface area contributed by atoms with Crippen molar-refractivity contribution in [3.63, 3.8) is 0 Å². The zero-order chi connectivity index (χ0) is 13.6. The SMILES string of the molecule is O=C(O)CC1(c2ccc(Cl)c(C(F)(F)F)c2)CC1. The summed E-state index contributed by atoms with van der Waals surface area (Å²) in [6.45, 7) is 0. The standard InChI is InChI=1S/C12H10ClF3O2/c13-9-2-1-7(5-8(9)12(14,15)16)11(3-4-11)6-10(17)18/h1-2,5H,3-4,6H2,(H,17,18). The maximum absolute atomic E-state index is 12.7. The van der Waals surface area contributed by atoms with Crippen molar-refractivity contribution >= 4 is 17.6 Å². The first-order valence-corrected chi connectivity index (χ1v) is 5.71. The van der Waals surface area contributed by atoms with Gasteiger partial charge in [-0.2, -0.15) is 13.2 Å². The summed E-state index contributed by atoms with van der Waals surface area (Å²) in [5, 5.41) is 8.42. The number of rotatable bonds is 3. The molecule has 2 rings (SSSR count). The van der Waals surface area contributed by atoms with Crippen LogP contribution in [0, 0.1) is 0 Å². The fraction of sp³-hybridized carbons (Fsp3) is 0.417. The lowest BCUT2D eigenvalue weighted by Crippen LogP contribution is -2.15. The number of hydrogen-bond acceptors (Lipinski definition) is 1. The molecule has 18 heavy (non-hydrogen) atoms. The molecule has 1 aliphatic rings. The first-order chi connectivity index (χ1) is 8.24. The van der Waals surface area contributed by atoms with Crippen LogP contribution in [0.5, 0.6) is 0 Å². The van der Waals surface area contributed by atoms with Crippen LogP contribution in [0.4, 0.5) is 13.2 Å². The molecular formula is C12H10ClF3O2. The average molecular weight is 279 g/mol. The normalized spacial score (nSPS) is 17.6. The lowest BCUT2D eigenvalue weighted by molar-refractivity contribution is -0.138. The Bertz CT molecular complexity index is 493. The van der Waals surface area contributed by atoms with Crippen LogP contribution in [0.15, 0.2) is 18.2 Å². The summed E-state index contributed by atoms with van der Waals surface area (Å²) in [5.41, 5.74) is -1.14. The van der Waals surface area contributed by atoms with Crippen molar-refractivity contribution in [2.45, 2.75) is 30.9 Å². The molecule has 0 aromatic heterocycles. The highest BCUT2D eigenvalue weighted by Gasteiger charge is 2.47. The lowest BCUT2D eigenvalue weighted by atomic mass is 9.91. The third-order valence-electron chi connectivity index (χ3n) is 3.23. The van der Waals surface area contributed by atoms with E-state index >= 15 is 0 Å². The van der Waals surface area contributed by atoms with Gasteiger partial charge < -0.3 is 5.11 Å².